The lowest BCUT2D eigenvalue weighted by atomic mass is 9.63. The van der Waals surface area contributed by atoms with E-state index in [1.54, 1.807) is 24.3 Å². The summed E-state index contributed by atoms with van der Waals surface area (Å²) in [5.74, 6) is 0. The summed E-state index contributed by atoms with van der Waals surface area (Å²) in [5.41, 5.74) is 0.825. The Hall–Kier alpha value is -1.60. The maximum absolute atomic E-state index is 12.8. The van der Waals surface area contributed by atoms with E-state index in [1.807, 2.05) is 0 Å². The van der Waals surface area contributed by atoms with Crippen LogP contribution in [0.2, 0.25) is 0 Å². The molecule has 1 atom stereocenters. The average molecular weight is 393 g/mol. The lowest BCUT2D eigenvalue weighted by Crippen LogP contribution is -2.54. The maximum atomic E-state index is 12.8. The average Bonchev–Trinajstić information content (AvgIpc) is 3.19. The number of carbonyl (C=O) groups excluding carboxylic acids is 1. The summed E-state index contributed by atoms with van der Waals surface area (Å²) >= 11 is 0. The van der Waals surface area contributed by atoms with Gasteiger partial charge in [0.25, 0.3) is 0 Å². The number of ether oxygens (including phenoxy) is 1. The third-order valence-electron chi connectivity index (χ3n) is 6.60. The van der Waals surface area contributed by atoms with Crippen molar-refractivity contribution in [2.75, 3.05) is 18.5 Å². The Kier molecular flexibility index (Phi) is 5.16. The highest BCUT2D eigenvalue weighted by Crippen LogP contribution is 2.53. The number of amides is 2. The molecule has 27 heavy (non-hydrogen) atoms. The number of sulfone groups is 1. The molecule has 2 saturated carbocycles. The molecule has 1 aromatic rings. The molecule has 3 aliphatic rings. The first-order valence-corrected chi connectivity index (χ1v) is 11.5. The van der Waals surface area contributed by atoms with Crippen LogP contribution in [0, 0.1) is 5.41 Å². The van der Waals surface area contributed by atoms with Crippen molar-refractivity contribution < 1.29 is 17.9 Å². The summed E-state index contributed by atoms with van der Waals surface area (Å²) in [7, 11) is -3.41. The molecule has 0 bridgehead atoms. The van der Waals surface area contributed by atoms with Gasteiger partial charge in [-0.2, -0.15) is 0 Å². The van der Waals surface area contributed by atoms with Crippen molar-refractivity contribution in [3.05, 3.63) is 24.3 Å². The molecule has 1 heterocycles. The summed E-state index contributed by atoms with van der Waals surface area (Å²) in [6, 6.07) is 6.59. The number of hydrogen-bond donors (Lipinski definition) is 2. The number of benzene rings is 1. The van der Waals surface area contributed by atoms with Gasteiger partial charge < -0.3 is 15.4 Å². The first kappa shape index (κ1) is 18.7. The van der Waals surface area contributed by atoms with Gasteiger partial charge in [0.05, 0.1) is 10.1 Å². The van der Waals surface area contributed by atoms with E-state index >= 15 is 0 Å². The van der Waals surface area contributed by atoms with Crippen LogP contribution in [0.15, 0.2) is 29.2 Å². The Morgan fingerprint density at radius 3 is 2.48 bits per heavy atom. The topological polar surface area (TPSA) is 84.5 Å². The van der Waals surface area contributed by atoms with Crippen molar-refractivity contribution in [1.29, 1.82) is 0 Å². The van der Waals surface area contributed by atoms with Crippen molar-refractivity contribution in [3.8, 4) is 0 Å². The standard InChI is InChI=1S/C20H28N2O4S/c23-19(22-18-6-11-20(18)9-1-2-10-20)21-15-4-3-5-17(14-15)27(24,25)16-7-12-26-13-8-16/h3-5,14,16,18H,1-2,6-13H2,(H2,21,22,23). The zero-order valence-corrected chi connectivity index (χ0v) is 16.4. The lowest BCUT2D eigenvalue weighted by Gasteiger charge is -2.47. The van der Waals surface area contributed by atoms with Gasteiger partial charge >= 0.3 is 6.03 Å². The van der Waals surface area contributed by atoms with Gasteiger partial charge in [0.2, 0.25) is 0 Å². The van der Waals surface area contributed by atoms with E-state index in [0.29, 0.717) is 37.2 Å². The largest absolute Gasteiger partial charge is 0.381 e. The zero-order chi connectivity index (χ0) is 18.9. The fraction of sp³-hybridized carbons (Fsp3) is 0.650. The summed E-state index contributed by atoms with van der Waals surface area (Å²) in [6.07, 6.45) is 8.20. The molecule has 2 aliphatic carbocycles. The lowest BCUT2D eigenvalue weighted by molar-refractivity contribution is 0.0811. The summed E-state index contributed by atoms with van der Waals surface area (Å²) in [5, 5.41) is 5.52. The highest BCUT2D eigenvalue weighted by molar-refractivity contribution is 7.92. The van der Waals surface area contributed by atoms with Crippen LogP contribution in [0.4, 0.5) is 10.5 Å². The number of urea groups is 1. The number of rotatable bonds is 4. The Labute approximate surface area is 161 Å². The van der Waals surface area contributed by atoms with Gasteiger partial charge in [-0.1, -0.05) is 18.9 Å². The molecule has 1 aliphatic heterocycles. The fourth-order valence-electron chi connectivity index (χ4n) is 4.85. The van der Waals surface area contributed by atoms with E-state index in [4.69, 9.17) is 4.74 Å². The molecular weight excluding hydrogens is 364 g/mol. The molecule has 1 spiro atoms. The Morgan fingerprint density at radius 2 is 1.81 bits per heavy atom. The number of hydrogen-bond acceptors (Lipinski definition) is 4. The molecule has 0 radical (unpaired) electrons. The third-order valence-corrected chi connectivity index (χ3v) is 8.86. The van der Waals surface area contributed by atoms with Crippen LogP contribution in [-0.2, 0) is 14.6 Å². The number of nitrogens with one attached hydrogen (secondary N) is 2. The SMILES string of the molecule is O=C(Nc1cccc(S(=O)(=O)C2CCOCC2)c1)NC1CCC12CCCC2. The Balaban J connectivity index is 1.41. The molecule has 6 nitrogen and oxygen atoms in total. The van der Waals surface area contributed by atoms with Crippen LogP contribution >= 0.6 is 0 Å². The first-order chi connectivity index (χ1) is 13.0. The van der Waals surface area contributed by atoms with Gasteiger partial charge in [0.15, 0.2) is 9.84 Å². The van der Waals surface area contributed by atoms with E-state index < -0.39 is 15.1 Å². The van der Waals surface area contributed by atoms with Crippen molar-refractivity contribution in [2.24, 2.45) is 5.41 Å². The predicted molar refractivity (Wildman–Crippen MR) is 104 cm³/mol. The van der Waals surface area contributed by atoms with Gasteiger partial charge in [0, 0.05) is 24.9 Å². The van der Waals surface area contributed by atoms with Crippen LogP contribution in [0.3, 0.4) is 0 Å². The maximum Gasteiger partial charge on any atom is 0.319 e. The van der Waals surface area contributed by atoms with E-state index in [9.17, 15) is 13.2 Å². The second-order valence-electron chi connectivity index (χ2n) is 8.14. The fourth-order valence-corrected chi connectivity index (χ4v) is 6.61. The molecule has 3 fully saturated rings. The minimum Gasteiger partial charge on any atom is -0.381 e. The molecule has 2 amide bonds. The molecule has 1 saturated heterocycles. The molecule has 7 heteroatoms. The van der Waals surface area contributed by atoms with E-state index in [2.05, 4.69) is 10.6 Å². The summed E-state index contributed by atoms with van der Waals surface area (Å²) in [6.45, 7) is 0.959. The molecule has 148 valence electrons. The second kappa shape index (κ2) is 7.43. The predicted octanol–water partition coefficient (Wildman–Crippen LogP) is 3.48. The second-order valence-corrected chi connectivity index (χ2v) is 10.4. The third kappa shape index (κ3) is 3.72. The normalized spacial score (nSPS) is 25.1. The molecular formula is C20H28N2O4S. The van der Waals surface area contributed by atoms with Crippen molar-refractivity contribution in [3.63, 3.8) is 0 Å². The molecule has 0 aromatic heterocycles. The highest BCUT2D eigenvalue weighted by atomic mass is 32.2. The Morgan fingerprint density at radius 1 is 1.07 bits per heavy atom. The molecule has 1 unspecified atom stereocenters. The van der Waals surface area contributed by atoms with Gasteiger partial charge in [-0.3, -0.25) is 0 Å². The first-order valence-electron chi connectivity index (χ1n) is 9.99. The molecule has 2 N–H and O–H groups in total. The minimum absolute atomic E-state index is 0.244. The van der Waals surface area contributed by atoms with Gasteiger partial charge in [0.1, 0.15) is 0 Å². The van der Waals surface area contributed by atoms with Crippen LogP contribution in [-0.4, -0.2) is 39.0 Å². The van der Waals surface area contributed by atoms with Gasteiger partial charge in [-0.05, 0) is 62.1 Å². The van der Waals surface area contributed by atoms with Crippen molar-refractivity contribution in [2.45, 2.75) is 67.6 Å². The molecule has 1 aromatic carbocycles. The van der Waals surface area contributed by atoms with E-state index in [1.165, 1.54) is 32.1 Å². The quantitative estimate of drug-likeness (QED) is 0.821. The minimum atomic E-state index is -3.41. The monoisotopic (exact) mass is 392 g/mol. The highest BCUT2D eigenvalue weighted by Gasteiger charge is 2.48. The Bertz CT molecular complexity index is 796. The van der Waals surface area contributed by atoms with Crippen molar-refractivity contribution >= 4 is 21.6 Å². The number of carbonyl (C=O) groups is 1. The van der Waals surface area contributed by atoms with Crippen molar-refractivity contribution in [1.82, 2.24) is 5.32 Å². The number of anilines is 1. The van der Waals surface area contributed by atoms with Gasteiger partial charge in [-0.25, -0.2) is 13.2 Å². The summed E-state index contributed by atoms with van der Waals surface area (Å²) in [4.78, 5) is 12.7. The smallest absolute Gasteiger partial charge is 0.319 e. The van der Waals surface area contributed by atoms with Crippen LogP contribution < -0.4 is 10.6 Å². The molecule has 4 rings (SSSR count). The summed E-state index contributed by atoms with van der Waals surface area (Å²) < 4.78 is 31.0. The van der Waals surface area contributed by atoms with Crippen LogP contribution in [0.5, 0.6) is 0 Å². The van der Waals surface area contributed by atoms with Gasteiger partial charge in [-0.15, -0.1) is 0 Å². The van der Waals surface area contributed by atoms with E-state index in [0.717, 1.165) is 6.42 Å². The van der Waals surface area contributed by atoms with Crippen LogP contribution in [0.1, 0.15) is 51.4 Å². The zero-order valence-electron chi connectivity index (χ0n) is 15.6. The van der Waals surface area contributed by atoms with E-state index in [-0.39, 0.29) is 17.0 Å². The van der Waals surface area contributed by atoms with Crippen LogP contribution in [0.25, 0.3) is 0 Å².